The van der Waals surface area contributed by atoms with Gasteiger partial charge < -0.3 is 14.6 Å². The zero-order chi connectivity index (χ0) is 19.5. The first kappa shape index (κ1) is 17.5. The molecule has 2 aliphatic heterocycles. The summed E-state index contributed by atoms with van der Waals surface area (Å²) in [5.74, 6) is 0. The Morgan fingerprint density at radius 3 is 1.86 bits per heavy atom. The van der Waals surface area contributed by atoms with E-state index >= 15 is 0 Å². The number of para-hydroxylation sites is 1. The lowest BCUT2D eigenvalue weighted by Crippen LogP contribution is -2.41. The van der Waals surface area contributed by atoms with E-state index in [1.165, 1.54) is 22.3 Å². The highest BCUT2D eigenvalue weighted by molar-refractivity contribution is 6.62. The molecule has 5 rings (SSSR count). The summed E-state index contributed by atoms with van der Waals surface area (Å²) >= 11 is 0. The molecule has 0 aromatic heterocycles. The lowest BCUT2D eigenvalue weighted by molar-refractivity contribution is 0.00578. The average molecular weight is 369 g/mol. The minimum absolute atomic E-state index is 0.350. The quantitative estimate of drug-likeness (QED) is 0.457. The second-order valence-corrected chi connectivity index (χ2v) is 8.61. The van der Waals surface area contributed by atoms with Crippen LogP contribution in [0.2, 0.25) is 0 Å². The van der Waals surface area contributed by atoms with Crippen LogP contribution in [0.5, 0.6) is 0 Å². The van der Waals surface area contributed by atoms with E-state index in [9.17, 15) is 0 Å². The second-order valence-electron chi connectivity index (χ2n) is 8.61. The Kier molecular flexibility index (Phi) is 3.74. The fraction of sp³-hybridized carbons (Fsp3) is 0.250. The van der Waals surface area contributed by atoms with E-state index in [1.54, 1.807) is 0 Å². The molecule has 1 saturated heterocycles. The molecule has 0 amide bonds. The fourth-order valence-electron chi connectivity index (χ4n) is 3.94. The summed E-state index contributed by atoms with van der Waals surface area (Å²) in [5, 5.41) is 3.62. The molecular weight excluding hydrogens is 345 g/mol. The van der Waals surface area contributed by atoms with Crippen molar-refractivity contribution in [2.75, 3.05) is 5.32 Å². The maximum atomic E-state index is 6.28. The van der Waals surface area contributed by atoms with Gasteiger partial charge in [-0.1, -0.05) is 54.6 Å². The Labute approximate surface area is 166 Å². The summed E-state index contributed by atoms with van der Waals surface area (Å²) < 4.78 is 12.6. The third-order valence-electron chi connectivity index (χ3n) is 6.27. The SMILES string of the molecule is CC1(C)OB(c2ccc3c(c2)-c2ccccc2-c2ccccc2N3)OC1(C)C. The Bertz CT molecular complexity index is 1060. The smallest absolute Gasteiger partial charge is 0.399 e. The number of hydrogen-bond acceptors (Lipinski definition) is 3. The Morgan fingerprint density at radius 2 is 1.18 bits per heavy atom. The van der Waals surface area contributed by atoms with E-state index in [1.807, 2.05) is 0 Å². The van der Waals surface area contributed by atoms with Gasteiger partial charge in [-0.3, -0.25) is 0 Å². The lowest BCUT2D eigenvalue weighted by atomic mass is 9.77. The molecule has 2 aliphatic rings. The van der Waals surface area contributed by atoms with Gasteiger partial charge in [-0.05, 0) is 56.4 Å². The summed E-state index contributed by atoms with van der Waals surface area (Å²) in [6.07, 6.45) is 0. The molecule has 0 unspecified atom stereocenters. The Morgan fingerprint density at radius 1 is 0.643 bits per heavy atom. The van der Waals surface area contributed by atoms with Crippen LogP contribution in [0.15, 0.2) is 66.7 Å². The number of rotatable bonds is 1. The minimum Gasteiger partial charge on any atom is -0.399 e. The number of benzene rings is 3. The number of fused-ring (bicyclic) bond motifs is 5. The zero-order valence-corrected chi connectivity index (χ0v) is 16.7. The number of hydrogen-bond donors (Lipinski definition) is 1. The van der Waals surface area contributed by atoms with Gasteiger partial charge in [0.1, 0.15) is 0 Å². The molecule has 2 heterocycles. The Hall–Kier alpha value is -2.56. The molecule has 0 saturated carbocycles. The third kappa shape index (κ3) is 2.60. The molecule has 3 nitrogen and oxygen atoms in total. The van der Waals surface area contributed by atoms with Crippen LogP contribution >= 0.6 is 0 Å². The van der Waals surface area contributed by atoms with Gasteiger partial charge >= 0.3 is 7.12 Å². The van der Waals surface area contributed by atoms with Gasteiger partial charge in [0.05, 0.1) is 11.2 Å². The molecule has 1 N–H and O–H groups in total. The van der Waals surface area contributed by atoms with Crippen LogP contribution < -0.4 is 10.8 Å². The van der Waals surface area contributed by atoms with Crippen LogP contribution in [0.4, 0.5) is 11.4 Å². The molecule has 1 fully saturated rings. The number of nitrogens with one attached hydrogen (secondary N) is 1. The maximum absolute atomic E-state index is 6.28. The maximum Gasteiger partial charge on any atom is 0.494 e. The van der Waals surface area contributed by atoms with Crippen molar-refractivity contribution in [2.45, 2.75) is 38.9 Å². The van der Waals surface area contributed by atoms with Crippen molar-refractivity contribution in [3.63, 3.8) is 0 Å². The van der Waals surface area contributed by atoms with Gasteiger partial charge in [0.15, 0.2) is 0 Å². The van der Waals surface area contributed by atoms with E-state index < -0.39 is 0 Å². The summed E-state index contributed by atoms with van der Waals surface area (Å²) in [7, 11) is -0.368. The van der Waals surface area contributed by atoms with Crippen LogP contribution in [-0.4, -0.2) is 18.3 Å². The summed E-state index contributed by atoms with van der Waals surface area (Å²) in [4.78, 5) is 0. The molecule has 0 aliphatic carbocycles. The van der Waals surface area contributed by atoms with Gasteiger partial charge in [-0.15, -0.1) is 0 Å². The van der Waals surface area contributed by atoms with Crippen molar-refractivity contribution in [3.8, 4) is 22.3 Å². The highest BCUT2D eigenvalue weighted by atomic mass is 16.7. The van der Waals surface area contributed by atoms with E-state index in [4.69, 9.17) is 9.31 Å². The van der Waals surface area contributed by atoms with Crippen molar-refractivity contribution >= 4 is 24.0 Å². The molecule has 3 aromatic rings. The molecular formula is C24H24BNO2. The Balaban J connectivity index is 1.65. The molecule has 0 bridgehead atoms. The fourth-order valence-corrected chi connectivity index (χ4v) is 3.94. The molecule has 4 heteroatoms. The standard InChI is InChI=1S/C24H24BNO2/c1-23(2)24(3,4)28-25(27-23)16-13-14-22-20(15-16)18-10-6-5-9-17(18)19-11-7-8-12-21(19)26-22/h5-15,26H,1-4H3. The molecule has 140 valence electrons. The molecule has 0 spiro atoms. The third-order valence-corrected chi connectivity index (χ3v) is 6.27. The van der Waals surface area contributed by atoms with E-state index in [2.05, 4.69) is 99.7 Å². The van der Waals surface area contributed by atoms with Crippen molar-refractivity contribution in [1.29, 1.82) is 0 Å². The van der Waals surface area contributed by atoms with Crippen LogP contribution in [0.25, 0.3) is 22.3 Å². The predicted octanol–water partition coefficient (Wildman–Crippen LogP) is 5.38. The van der Waals surface area contributed by atoms with Crippen molar-refractivity contribution in [3.05, 3.63) is 66.7 Å². The van der Waals surface area contributed by atoms with Gasteiger partial charge in [0.25, 0.3) is 0 Å². The van der Waals surface area contributed by atoms with Crippen LogP contribution in [-0.2, 0) is 9.31 Å². The monoisotopic (exact) mass is 369 g/mol. The summed E-state index contributed by atoms with van der Waals surface area (Å²) in [6.45, 7) is 8.35. The van der Waals surface area contributed by atoms with E-state index in [0.717, 1.165) is 16.8 Å². The van der Waals surface area contributed by atoms with Gasteiger partial charge in [0, 0.05) is 22.5 Å². The van der Waals surface area contributed by atoms with Crippen LogP contribution in [0, 0.1) is 0 Å². The topological polar surface area (TPSA) is 30.5 Å². The first-order valence-electron chi connectivity index (χ1n) is 9.81. The average Bonchev–Trinajstić information content (AvgIpc) is 2.82. The molecule has 0 radical (unpaired) electrons. The highest BCUT2D eigenvalue weighted by Gasteiger charge is 2.51. The van der Waals surface area contributed by atoms with Crippen molar-refractivity contribution in [2.24, 2.45) is 0 Å². The first-order chi connectivity index (χ1) is 13.4. The van der Waals surface area contributed by atoms with Crippen LogP contribution in [0.1, 0.15) is 27.7 Å². The molecule has 28 heavy (non-hydrogen) atoms. The summed E-state index contributed by atoms with van der Waals surface area (Å²) in [5.41, 5.74) is 7.39. The zero-order valence-electron chi connectivity index (χ0n) is 16.7. The summed E-state index contributed by atoms with van der Waals surface area (Å²) in [6, 6.07) is 23.5. The van der Waals surface area contributed by atoms with Crippen LogP contribution in [0.3, 0.4) is 0 Å². The number of anilines is 2. The van der Waals surface area contributed by atoms with Gasteiger partial charge in [-0.2, -0.15) is 0 Å². The largest absolute Gasteiger partial charge is 0.494 e. The minimum atomic E-state index is -0.368. The van der Waals surface area contributed by atoms with Gasteiger partial charge in [-0.25, -0.2) is 0 Å². The van der Waals surface area contributed by atoms with E-state index in [0.29, 0.717) is 0 Å². The van der Waals surface area contributed by atoms with Crippen molar-refractivity contribution < 1.29 is 9.31 Å². The van der Waals surface area contributed by atoms with E-state index in [-0.39, 0.29) is 18.3 Å². The van der Waals surface area contributed by atoms with Gasteiger partial charge in [0.2, 0.25) is 0 Å². The molecule has 0 atom stereocenters. The first-order valence-corrected chi connectivity index (χ1v) is 9.81. The highest BCUT2D eigenvalue weighted by Crippen LogP contribution is 2.44. The second kappa shape index (κ2) is 5.97. The normalized spacial score (nSPS) is 18.5. The van der Waals surface area contributed by atoms with Crippen molar-refractivity contribution in [1.82, 2.24) is 0 Å². The molecule has 3 aromatic carbocycles. The lowest BCUT2D eigenvalue weighted by Gasteiger charge is -2.32. The predicted molar refractivity (Wildman–Crippen MR) is 116 cm³/mol.